The minimum absolute atomic E-state index is 0.150. The number of non-ortho nitro benzene ring substituents is 1. The van der Waals surface area contributed by atoms with Gasteiger partial charge in [-0.3, -0.25) is 14.9 Å². The quantitative estimate of drug-likeness (QED) is 0.202. The van der Waals surface area contributed by atoms with Crippen LogP contribution < -0.4 is 10.1 Å². The highest BCUT2D eigenvalue weighted by molar-refractivity contribution is 5.99. The highest BCUT2D eigenvalue weighted by Gasteiger charge is 2.24. The Kier molecular flexibility index (Phi) is 6.95. The first kappa shape index (κ1) is 24.4. The largest absolute Gasteiger partial charge is 0.497 e. The number of nitrogens with one attached hydrogen (secondary N) is 2. The minimum Gasteiger partial charge on any atom is -0.497 e. The number of benzene rings is 3. The third kappa shape index (κ3) is 5.17. The van der Waals surface area contributed by atoms with E-state index in [2.05, 4.69) is 15.3 Å². The Morgan fingerprint density at radius 1 is 1.11 bits per heavy atom. The number of amides is 1. The minimum atomic E-state index is -1.08. The summed E-state index contributed by atoms with van der Waals surface area (Å²) in [5.74, 6) is 0.125. The monoisotopic (exact) mass is 488 g/mol. The molecule has 0 spiro atoms. The number of anilines is 1. The lowest BCUT2D eigenvalue weighted by atomic mass is 10.1. The number of rotatable bonds is 8. The first-order valence-corrected chi connectivity index (χ1v) is 11.2. The summed E-state index contributed by atoms with van der Waals surface area (Å²) in [6, 6.07) is 16.5. The molecule has 4 rings (SSSR count). The van der Waals surface area contributed by atoms with Crippen molar-refractivity contribution < 1.29 is 24.0 Å². The average molecular weight is 489 g/mol. The fraction of sp³-hybridized carbons (Fsp3) is 0.192. The number of carbonyl (C=O) groups excluding carboxylic acids is 2. The summed E-state index contributed by atoms with van der Waals surface area (Å²) < 4.78 is 10.7. The van der Waals surface area contributed by atoms with Crippen LogP contribution in [0.15, 0.2) is 60.7 Å². The number of methoxy groups -OCH3 is 1. The predicted molar refractivity (Wildman–Crippen MR) is 134 cm³/mol. The van der Waals surface area contributed by atoms with Crippen molar-refractivity contribution in [2.24, 2.45) is 0 Å². The Morgan fingerprint density at radius 3 is 2.53 bits per heavy atom. The third-order valence-corrected chi connectivity index (χ3v) is 5.68. The van der Waals surface area contributed by atoms with Gasteiger partial charge in [0.25, 0.3) is 11.6 Å². The van der Waals surface area contributed by atoms with E-state index in [-0.39, 0.29) is 23.4 Å². The van der Waals surface area contributed by atoms with Crippen molar-refractivity contribution in [2.75, 3.05) is 12.4 Å². The fourth-order valence-electron chi connectivity index (χ4n) is 3.61. The summed E-state index contributed by atoms with van der Waals surface area (Å²) in [6.07, 6.45) is -0.858. The topological polar surface area (TPSA) is 136 Å². The molecular formula is C26H24N4O6. The van der Waals surface area contributed by atoms with Gasteiger partial charge in [0, 0.05) is 17.7 Å². The molecule has 10 nitrogen and oxygen atoms in total. The van der Waals surface area contributed by atoms with Crippen molar-refractivity contribution in [2.45, 2.75) is 26.4 Å². The summed E-state index contributed by atoms with van der Waals surface area (Å²) in [4.78, 5) is 43.9. The number of aromatic nitrogens is 2. The van der Waals surface area contributed by atoms with Crippen LogP contribution in [0, 0.1) is 17.0 Å². The maximum absolute atomic E-state index is 12.8. The number of imidazole rings is 1. The maximum Gasteiger partial charge on any atom is 0.338 e. The molecule has 1 heterocycles. The van der Waals surface area contributed by atoms with Gasteiger partial charge in [-0.25, -0.2) is 9.78 Å². The number of fused-ring (bicyclic) bond motifs is 1. The second-order valence-corrected chi connectivity index (χ2v) is 8.09. The standard InChI is InChI=1S/C26H24N4O6/c1-4-23(25(31)29-21-14-18(30(33)34)9-5-15(21)2)36-26(32)17-8-12-20-22(13-17)28-24(27-20)16-6-10-19(35-3)11-7-16/h5-14,23H,4H2,1-3H3,(H,27,28)(H,29,31). The lowest BCUT2D eigenvalue weighted by Gasteiger charge is -2.17. The molecule has 184 valence electrons. The van der Waals surface area contributed by atoms with E-state index in [1.165, 1.54) is 12.1 Å². The van der Waals surface area contributed by atoms with E-state index in [9.17, 15) is 19.7 Å². The maximum atomic E-state index is 12.8. The van der Waals surface area contributed by atoms with Crippen molar-refractivity contribution in [3.63, 3.8) is 0 Å². The Hall–Kier alpha value is -4.73. The second kappa shape index (κ2) is 10.3. The van der Waals surface area contributed by atoms with Gasteiger partial charge in [0.15, 0.2) is 6.10 Å². The molecule has 0 fully saturated rings. The number of aromatic amines is 1. The number of esters is 1. The zero-order chi connectivity index (χ0) is 25.8. The van der Waals surface area contributed by atoms with Gasteiger partial charge in [0.1, 0.15) is 11.6 Å². The number of H-pyrrole nitrogens is 1. The summed E-state index contributed by atoms with van der Waals surface area (Å²) in [5, 5.41) is 13.7. The number of aryl methyl sites for hydroxylation is 1. The molecular weight excluding hydrogens is 464 g/mol. The normalized spacial score (nSPS) is 11.6. The number of ether oxygens (including phenoxy) is 2. The number of nitro groups is 1. The zero-order valence-corrected chi connectivity index (χ0v) is 19.9. The van der Waals surface area contributed by atoms with Crippen LogP contribution in [-0.4, -0.2) is 40.0 Å². The Labute approximate surface area is 206 Å². The van der Waals surface area contributed by atoms with Crippen molar-refractivity contribution in [1.82, 2.24) is 9.97 Å². The average Bonchev–Trinajstić information content (AvgIpc) is 3.31. The van der Waals surface area contributed by atoms with Gasteiger partial charge in [-0.1, -0.05) is 13.0 Å². The fourth-order valence-corrected chi connectivity index (χ4v) is 3.61. The smallest absolute Gasteiger partial charge is 0.338 e. The van der Waals surface area contributed by atoms with E-state index < -0.39 is 22.9 Å². The molecule has 10 heteroatoms. The summed E-state index contributed by atoms with van der Waals surface area (Å²) in [6.45, 7) is 3.42. The Balaban J connectivity index is 1.49. The summed E-state index contributed by atoms with van der Waals surface area (Å²) in [5.41, 5.74) is 3.20. The molecule has 1 amide bonds. The first-order valence-electron chi connectivity index (χ1n) is 11.2. The van der Waals surface area contributed by atoms with Crippen LogP contribution in [0.2, 0.25) is 0 Å². The van der Waals surface area contributed by atoms with Gasteiger partial charge >= 0.3 is 5.97 Å². The van der Waals surface area contributed by atoms with E-state index in [0.717, 1.165) is 11.3 Å². The van der Waals surface area contributed by atoms with E-state index in [0.29, 0.717) is 22.4 Å². The van der Waals surface area contributed by atoms with Crippen molar-refractivity contribution in [3.05, 3.63) is 81.9 Å². The van der Waals surface area contributed by atoms with Gasteiger partial charge in [0.2, 0.25) is 0 Å². The molecule has 2 N–H and O–H groups in total. The lowest BCUT2D eigenvalue weighted by Crippen LogP contribution is -2.32. The van der Waals surface area contributed by atoms with Crippen LogP contribution in [-0.2, 0) is 9.53 Å². The van der Waals surface area contributed by atoms with E-state index in [1.54, 1.807) is 45.2 Å². The highest BCUT2D eigenvalue weighted by Crippen LogP contribution is 2.25. The molecule has 1 unspecified atom stereocenters. The van der Waals surface area contributed by atoms with Crippen LogP contribution in [0.25, 0.3) is 22.4 Å². The lowest BCUT2D eigenvalue weighted by molar-refractivity contribution is -0.384. The van der Waals surface area contributed by atoms with Crippen LogP contribution in [0.1, 0.15) is 29.3 Å². The molecule has 0 aliphatic rings. The molecule has 4 aromatic rings. The van der Waals surface area contributed by atoms with Gasteiger partial charge in [-0.15, -0.1) is 0 Å². The Morgan fingerprint density at radius 2 is 1.86 bits per heavy atom. The van der Waals surface area contributed by atoms with E-state index in [1.807, 2.05) is 24.3 Å². The first-order chi connectivity index (χ1) is 17.3. The molecule has 3 aromatic carbocycles. The van der Waals surface area contributed by atoms with Gasteiger partial charge in [0.05, 0.1) is 34.3 Å². The van der Waals surface area contributed by atoms with E-state index >= 15 is 0 Å². The van der Waals surface area contributed by atoms with Crippen LogP contribution in [0.4, 0.5) is 11.4 Å². The van der Waals surface area contributed by atoms with Gasteiger partial charge < -0.3 is 19.8 Å². The van der Waals surface area contributed by atoms with Gasteiger partial charge in [-0.2, -0.15) is 0 Å². The number of carbonyl (C=O) groups is 2. The molecule has 0 aliphatic heterocycles. The summed E-state index contributed by atoms with van der Waals surface area (Å²) >= 11 is 0. The second-order valence-electron chi connectivity index (χ2n) is 8.09. The zero-order valence-electron chi connectivity index (χ0n) is 19.9. The SMILES string of the molecule is CCC(OC(=O)c1ccc2nc(-c3ccc(OC)cc3)[nH]c2c1)C(=O)Nc1cc([N+](=O)[O-])ccc1C. The van der Waals surface area contributed by atoms with Crippen molar-refractivity contribution >= 4 is 34.3 Å². The highest BCUT2D eigenvalue weighted by atomic mass is 16.6. The molecule has 1 atom stereocenters. The molecule has 36 heavy (non-hydrogen) atoms. The van der Waals surface area contributed by atoms with Crippen molar-refractivity contribution in [3.8, 4) is 17.1 Å². The summed E-state index contributed by atoms with van der Waals surface area (Å²) in [7, 11) is 1.60. The van der Waals surface area contributed by atoms with Gasteiger partial charge in [-0.05, 0) is 61.4 Å². The molecule has 1 aromatic heterocycles. The molecule has 0 saturated carbocycles. The van der Waals surface area contributed by atoms with Crippen LogP contribution >= 0.6 is 0 Å². The number of hydrogen-bond acceptors (Lipinski definition) is 7. The number of hydrogen-bond donors (Lipinski definition) is 2. The molecule has 0 bridgehead atoms. The molecule has 0 aliphatic carbocycles. The molecule has 0 saturated heterocycles. The molecule has 0 radical (unpaired) electrons. The Bertz CT molecular complexity index is 1440. The number of nitrogens with zero attached hydrogens (tertiary/aromatic N) is 2. The van der Waals surface area contributed by atoms with Crippen LogP contribution in [0.5, 0.6) is 5.75 Å². The number of nitro benzene ring substituents is 1. The van der Waals surface area contributed by atoms with Crippen LogP contribution in [0.3, 0.4) is 0 Å². The van der Waals surface area contributed by atoms with Crippen molar-refractivity contribution in [1.29, 1.82) is 0 Å². The van der Waals surface area contributed by atoms with E-state index in [4.69, 9.17) is 9.47 Å². The predicted octanol–water partition coefficient (Wildman–Crippen LogP) is 5.03. The third-order valence-electron chi connectivity index (χ3n) is 5.68.